The van der Waals surface area contributed by atoms with E-state index in [9.17, 15) is 0 Å². The Labute approximate surface area is 98.8 Å². The first kappa shape index (κ1) is 10.5. The summed E-state index contributed by atoms with van der Waals surface area (Å²) in [7, 11) is 0. The molecule has 0 radical (unpaired) electrons. The Bertz CT molecular complexity index is 443. The molecule has 0 spiro atoms. The van der Waals surface area contributed by atoms with Crippen LogP contribution in [0.1, 0.15) is 4.88 Å². The molecule has 0 aliphatic carbocycles. The van der Waals surface area contributed by atoms with Gasteiger partial charge in [-0.25, -0.2) is 0 Å². The van der Waals surface area contributed by atoms with E-state index in [0.29, 0.717) is 5.88 Å². The van der Waals surface area contributed by atoms with Crippen molar-refractivity contribution in [1.82, 2.24) is 0 Å². The average Bonchev–Trinajstić information content (AvgIpc) is 2.76. The van der Waals surface area contributed by atoms with Crippen molar-refractivity contribution in [3.05, 3.63) is 52.7 Å². The molecule has 0 nitrogen and oxygen atoms in total. The molecule has 0 amide bonds. The molecule has 0 aliphatic rings. The minimum absolute atomic E-state index is 0.568. The van der Waals surface area contributed by atoms with E-state index in [0.717, 1.165) is 0 Å². The van der Waals surface area contributed by atoms with E-state index < -0.39 is 0 Å². The molecule has 15 heavy (non-hydrogen) atoms. The maximum atomic E-state index is 5.59. The summed E-state index contributed by atoms with van der Waals surface area (Å²) >= 11 is 7.33. The Hall–Kier alpha value is -1.05. The average molecular weight is 235 g/mol. The predicted octanol–water partition coefficient (Wildman–Crippen LogP) is 4.67. The van der Waals surface area contributed by atoms with Crippen LogP contribution in [0.25, 0.3) is 17.2 Å². The summed E-state index contributed by atoms with van der Waals surface area (Å²) in [6.07, 6.45) is 4.02. The zero-order valence-electron chi connectivity index (χ0n) is 8.19. The minimum atomic E-state index is 0.568. The molecule has 2 aromatic rings. The van der Waals surface area contributed by atoms with E-state index in [1.165, 1.54) is 16.0 Å². The van der Waals surface area contributed by atoms with Crippen LogP contribution < -0.4 is 0 Å². The van der Waals surface area contributed by atoms with Crippen molar-refractivity contribution in [1.29, 1.82) is 0 Å². The fraction of sp³-hybridized carbons (Fsp3) is 0.0769. The lowest BCUT2D eigenvalue weighted by Crippen LogP contribution is -1.70. The van der Waals surface area contributed by atoms with Crippen molar-refractivity contribution in [3.63, 3.8) is 0 Å². The molecule has 2 heteroatoms. The summed E-state index contributed by atoms with van der Waals surface area (Å²) in [6.45, 7) is 0. The van der Waals surface area contributed by atoms with Gasteiger partial charge in [0.1, 0.15) is 0 Å². The van der Waals surface area contributed by atoms with E-state index in [4.69, 9.17) is 11.6 Å². The first-order valence-corrected chi connectivity index (χ1v) is 6.18. The Balaban J connectivity index is 2.24. The zero-order valence-corrected chi connectivity index (χ0v) is 9.76. The molecular weight excluding hydrogens is 224 g/mol. The van der Waals surface area contributed by atoms with Crippen molar-refractivity contribution < 1.29 is 0 Å². The number of halogens is 1. The van der Waals surface area contributed by atoms with Crippen LogP contribution in [0, 0.1) is 0 Å². The number of thiophene rings is 1. The summed E-state index contributed by atoms with van der Waals surface area (Å²) in [6, 6.07) is 12.6. The molecule has 0 saturated carbocycles. The molecule has 0 atom stereocenters. The van der Waals surface area contributed by atoms with E-state index in [-0.39, 0.29) is 0 Å². The van der Waals surface area contributed by atoms with Crippen LogP contribution in [-0.2, 0) is 0 Å². The van der Waals surface area contributed by atoms with E-state index >= 15 is 0 Å². The van der Waals surface area contributed by atoms with E-state index in [2.05, 4.69) is 41.8 Å². The third-order valence-electron chi connectivity index (χ3n) is 2.10. The highest BCUT2D eigenvalue weighted by Gasteiger charge is 1.98. The van der Waals surface area contributed by atoms with Crippen LogP contribution in [0.4, 0.5) is 0 Å². The van der Waals surface area contributed by atoms with Crippen molar-refractivity contribution in [3.8, 4) is 11.1 Å². The largest absolute Gasteiger partial charge is 0.144 e. The summed E-state index contributed by atoms with van der Waals surface area (Å²) in [5, 5.41) is 2.17. The van der Waals surface area contributed by atoms with Gasteiger partial charge in [-0.15, -0.1) is 22.9 Å². The molecule has 0 saturated heterocycles. The van der Waals surface area contributed by atoms with Gasteiger partial charge in [0.05, 0.1) is 0 Å². The van der Waals surface area contributed by atoms with Crippen molar-refractivity contribution in [2.45, 2.75) is 0 Å². The molecule has 0 N–H and O–H groups in total. The summed E-state index contributed by atoms with van der Waals surface area (Å²) in [4.78, 5) is 1.24. The fourth-order valence-electron chi connectivity index (χ4n) is 1.38. The van der Waals surface area contributed by atoms with Crippen LogP contribution in [0.15, 0.2) is 47.9 Å². The van der Waals surface area contributed by atoms with Gasteiger partial charge in [-0.2, -0.15) is 0 Å². The Kier molecular flexibility index (Phi) is 3.59. The maximum absolute atomic E-state index is 5.59. The number of alkyl halides is 1. The zero-order chi connectivity index (χ0) is 10.5. The quantitative estimate of drug-likeness (QED) is 0.678. The standard InChI is InChI=1S/C13H11ClS/c14-8-4-7-13-9-12(10-15-13)11-5-2-1-3-6-11/h1-7,9-10H,8H2. The number of hydrogen-bond acceptors (Lipinski definition) is 1. The lowest BCUT2D eigenvalue weighted by atomic mass is 10.1. The molecule has 0 unspecified atom stereocenters. The van der Waals surface area contributed by atoms with Crippen LogP contribution in [0.3, 0.4) is 0 Å². The second kappa shape index (κ2) is 5.15. The second-order valence-electron chi connectivity index (χ2n) is 3.16. The van der Waals surface area contributed by atoms with E-state index in [1.807, 2.05) is 12.1 Å². The number of allylic oxidation sites excluding steroid dienone is 1. The van der Waals surface area contributed by atoms with Gasteiger partial charge in [-0.05, 0) is 28.6 Å². The Morgan fingerprint density at radius 3 is 2.67 bits per heavy atom. The molecule has 1 aromatic heterocycles. The van der Waals surface area contributed by atoms with Gasteiger partial charge in [0.25, 0.3) is 0 Å². The Morgan fingerprint density at radius 2 is 1.93 bits per heavy atom. The summed E-state index contributed by atoms with van der Waals surface area (Å²) in [5.41, 5.74) is 2.54. The van der Waals surface area contributed by atoms with Gasteiger partial charge >= 0.3 is 0 Å². The smallest absolute Gasteiger partial charge is 0.0407 e. The van der Waals surface area contributed by atoms with Crippen LogP contribution in [0.2, 0.25) is 0 Å². The van der Waals surface area contributed by atoms with Crippen molar-refractivity contribution in [2.75, 3.05) is 5.88 Å². The SMILES string of the molecule is ClCC=Cc1cc(-c2ccccc2)cs1. The lowest BCUT2D eigenvalue weighted by Gasteiger charge is -1.94. The van der Waals surface area contributed by atoms with Crippen LogP contribution in [-0.4, -0.2) is 5.88 Å². The fourth-order valence-corrected chi connectivity index (χ4v) is 2.31. The van der Waals surface area contributed by atoms with Gasteiger partial charge in [0.15, 0.2) is 0 Å². The topological polar surface area (TPSA) is 0 Å². The molecule has 0 bridgehead atoms. The second-order valence-corrected chi connectivity index (χ2v) is 4.41. The monoisotopic (exact) mass is 234 g/mol. The molecule has 0 aliphatic heterocycles. The predicted molar refractivity (Wildman–Crippen MR) is 69.5 cm³/mol. The van der Waals surface area contributed by atoms with Crippen LogP contribution in [0.5, 0.6) is 0 Å². The first-order chi connectivity index (χ1) is 7.40. The molecule has 76 valence electrons. The summed E-state index contributed by atoms with van der Waals surface area (Å²) < 4.78 is 0. The highest BCUT2D eigenvalue weighted by molar-refractivity contribution is 7.11. The summed E-state index contributed by atoms with van der Waals surface area (Å²) in [5.74, 6) is 0.568. The maximum Gasteiger partial charge on any atom is 0.0407 e. The van der Waals surface area contributed by atoms with E-state index in [1.54, 1.807) is 11.3 Å². The van der Waals surface area contributed by atoms with Gasteiger partial charge in [0, 0.05) is 10.8 Å². The van der Waals surface area contributed by atoms with Gasteiger partial charge in [-0.1, -0.05) is 36.4 Å². The molecule has 1 heterocycles. The highest BCUT2D eigenvalue weighted by Crippen LogP contribution is 2.26. The molecule has 0 fully saturated rings. The molecule has 2 rings (SSSR count). The third kappa shape index (κ3) is 2.71. The highest BCUT2D eigenvalue weighted by atomic mass is 35.5. The van der Waals surface area contributed by atoms with Crippen molar-refractivity contribution >= 4 is 29.0 Å². The number of rotatable bonds is 3. The molecule has 1 aromatic carbocycles. The Morgan fingerprint density at radius 1 is 1.13 bits per heavy atom. The number of hydrogen-bond donors (Lipinski definition) is 0. The number of benzene rings is 1. The first-order valence-electron chi connectivity index (χ1n) is 4.76. The van der Waals surface area contributed by atoms with Crippen molar-refractivity contribution in [2.24, 2.45) is 0 Å². The van der Waals surface area contributed by atoms with Gasteiger partial charge in [0.2, 0.25) is 0 Å². The lowest BCUT2D eigenvalue weighted by molar-refractivity contribution is 1.67. The normalized spacial score (nSPS) is 11.0. The third-order valence-corrected chi connectivity index (χ3v) is 3.17. The van der Waals surface area contributed by atoms with Gasteiger partial charge in [-0.3, -0.25) is 0 Å². The van der Waals surface area contributed by atoms with Crippen LogP contribution >= 0.6 is 22.9 Å². The molecular formula is C13H11ClS. The minimum Gasteiger partial charge on any atom is -0.144 e. The van der Waals surface area contributed by atoms with Gasteiger partial charge < -0.3 is 0 Å².